The molecule has 9 aromatic rings. The van der Waals surface area contributed by atoms with E-state index >= 15 is 0 Å². The average Bonchev–Trinajstić information content (AvgIpc) is 3.63. The van der Waals surface area contributed by atoms with Gasteiger partial charge in [-0.15, -0.1) is 0 Å². The maximum absolute atomic E-state index is 5.18. The van der Waals surface area contributed by atoms with Crippen LogP contribution in [0, 0.1) is 0 Å². The van der Waals surface area contributed by atoms with E-state index in [9.17, 15) is 0 Å². The maximum atomic E-state index is 5.18. The van der Waals surface area contributed by atoms with Crippen LogP contribution in [0.25, 0.3) is 86.1 Å². The quantitative estimate of drug-likeness (QED) is 0.138. The van der Waals surface area contributed by atoms with Gasteiger partial charge >= 0.3 is 261 Å². The molecule has 3 nitrogen and oxygen atoms in total. The van der Waals surface area contributed by atoms with Crippen LogP contribution in [0.5, 0.6) is 0 Å². The van der Waals surface area contributed by atoms with Gasteiger partial charge in [0.05, 0.1) is 0 Å². The normalized spacial score (nSPS) is 13.4. The van der Waals surface area contributed by atoms with Crippen molar-refractivity contribution in [3.63, 3.8) is 0 Å². The van der Waals surface area contributed by atoms with Gasteiger partial charge in [-0.3, -0.25) is 0 Å². The first kappa shape index (κ1) is 27.7. The summed E-state index contributed by atoms with van der Waals surface area (Å²) in [5, 5.41) is 7.93. The van der Waals surface area contributed by atoms with Crippen LogP contribution in [0.1, 0.15) is 25.0 Å². The van der Waals surface area contributed by atoms with Crippen LogP contribution >= 0.6 is 0 Å². The summed E-state index contributed by atoms with van der Waals surface area (Å²) < 4.78 is 2.87. The molecule has 0 N–H and O–H groups in total. The van der Waals surface area contributed by atoms with Gasteiger partial charge in [-0.05, 0) is 0 Å². The number of benzene rings is 7. The van der Waals surface area contributed by atoms with Crippen molar-refractivity contribution in [2.24, 2.45) is 0 Å². The molecule has 0 amide bonds. The van der Waals surface area contributed by atoms with Crippen molar-refractivity contribution in [2.45, 2.75) is 19.3 Å². The van der Waals surface area contributed by atoms with Crippen LogP contribution in [0.3, 0.4) is 0 Å². The van der Waals surface area contributed by atoms with Crippen molar-refractivity contribution < 1.29 is 0 Å². The number of hydrogen-bond acceptors (Lipinski definition) is 3. The molecule has 0 unspecified atom stereocenters. The fourth-order valence-electron chi connectivity index (χ4n) is 7.65. The summed E-state index contributed by atoms with van der Waals surface area (Å²) in [6, 6.07) is 50.3. The van der Waals surface area contributed by atoms with Crippen LogP contribution in [0.15, 0.2) is 140 Å². The molecular weight excluding hydrogens is 649 g/mol. The van der Waals surface area contributed by atoms with E-state index < -0.39 is 0 Å². The SMILES string of the molecule is CC1(C)c2ccccc2-c2ccc(-c3nc(-c4ccccc4)nc(-c4ccc5[se]c6c(ccc7ccc8ccccc8c76)c5c4)n3)cc21. The van der Waals surface area contributed by atoms with Crippen LogP contribution < -0.4 is 0 Å². The Morgan fingerprint density at radius 3 is 1.96 bits per heavy atom. The van der Waals surface area contributed by atoms with E-state index in [-0.39, 0.29) is 19.9 Å². The van der Waals surface area contributed by atoms with Gasteiger partial charge in [0.2, 0.25) is 0 Å². The molecule has 0 aliphatic heterocycles. The summed E-state index contributed by atoms with van der Waals surface area (Å²) in [5.41, 5.74) is 8.14. The third-order valence-corrected chi connectivity index (χ3v) is 12.6. The number of aromatic nitrogens is 3. The average molecular weight is 679 g/mol. The molecular formula is C44H29N3Se. The molecule has 0 atom stereocenters. The minimum absolute atomic E-state index is 0.106. The fourth-order valence-corrected chi connectivity index (χ4v) is 10.3. The second-order valence-electron chi connectivity index (χ2n) is 13.2. The van der Waals surface area contributed by atoms with Gasteiger partial charge in [0.25, 0.3) is 0 Å². The molecule has 48 heavy (non-hydrogen) atoms. The standard InChI is InChI=1S/C44H29N3Se/c1-44(2)36-15-9-8-14-32(36)33-21-19-30(25-37(33)44)43-46-41(28-11-4-3-5-12-28)45-42(47-43)29-20-23-38-35(24-29)34-22-18-27-17-16-26-10-6-7-13-31(26)39(27)40(34)48-38/h3-25H,1-2H3. The van der Waals surface area contributed by atoms with Crippen LogP contribution in [-0.2, 0) is 5.41 Å². The summed E-state index contributed by atoms with van der Waals surface area (Å²) >= 11 is 0.209. The summed E-state index contributed by atoms with van der Waals surface area (Å²) in [7, 11) is 0. The van der Waals surface area contributed by atoms with Gasteiger partial charge in [-0.25, -0.2) is 0 Å². The summed E-state index contributed by atoms with van der Waals surface area (Å²) in [4.78, 5) is 15.3. The van der Waals surface area contributed by atoms with Gasteiger partial charge in [0.1, 0.15) is 0 Å². The minimum atomic E-state index is -0.106. The second kappa shape index (κ2) is 10.3. The molecule has 0 spiro atoms. The van der Waals surface area contributed by atoms with E-state index in [4.69, 9.17) is 15.0 Å². The molecule has 1 aliphatic rings. The van der Waals surface area contributed by atoms with E-state index in [2.05, 4.69) is 135 Å². The molecule has 0 bridgehead atoms. The molecule has 226 valence electrons. The van der Waals surface area contributed by atoms with E-state index in [1.165, 1.54) is 63.1 Å². The predicted octanol–water partition coefficient (Wildman–Crippen LogP) is 10.8. The molecule has 4 heteroatoms. The summed E-state index contributed by atoms with van der Waals surface area (Å²) in [6.45, 7) is 4.62. The zero-order chi connectivity index (χ0) is 32.0. The van der Waals surface area contributed by atoms with E-state index in [0.717, 1.165) is 16.7 Å². The Labute approximate surface area is 284 Å². The first-order chi connectivity index (χ1) is 23.5. The molecule has 0 radical (unpaired) electrons. The zero-order valence-corrected chi connectivity index (χ0v) is 28.2. The van der Waals surface area contributed by atoms with Crippen molar-refractivity contribution >= 4 is 55.3 Å². The zero-order valence-electron chi connectivity index (χ0n) is 26.5. The third-order valence-electron chi connectivity index (χ3n) is 10.1. The monoisotopic (exact) mass is 679 g/mol. The van der Waals surface area contributed by atoms with Gasteiger partial charge in [-0.1, -0.05) is 24.3 Å². The molecule has 0 fully saturated rings. The summed E-state index contributed by atoms with van der Waals surface area (Å²) in [6.07, 6.45) is 0. The molecule has 2 aromatic heterocycles. The first-order valence-corrected chi connectivity index (χ1v) is 18.1. The molecule has 0 saturated carbocycles. The molecule has 10 rings (SSSR count). The Kier molecular flexibility index (Phi) is 5.94. The Hall–Kier alpha value is -5.41. The molecule has 1 aliphatic carbocycles. The predicted molar refractivity (Wildman–Crippen MR) is 201 cm³/mol. The third kappa shape index (κ3) is 4.10. The van der Waals surface area contributed by atoms with Crippen molar-refractivity contribution in [3.05, 3.63) is 151 Å². The Morgan fingerprint density at radius 2 is 1.10 bits per heavy atom. The number of rotatable bonds is 3. The van der Waals surface area contributed by atoms with E-state index in [0.29, 0.717) is 17.5 Å². The second-order valence-corrected chi connectivity index (χ2v) is 15.5. The van der Waals surface area contributed by atoms with Crippen LogP contribution in [0.4, 0.5) is 0 Å². The van der Waals surface area contributed by atoms with Crippen molar-refractivity contribution in [3.8, 4) is 45.3 Å². The number of hydrogen-bond donors (Lipinski definition) is 0. The molecule has 2 heterocycles. The van der Waals surface area contributed by atoms with Crippen LogP contribution in [0.2, 0.25) is 0 Å². The van der Waals surface area contributed by atoms with Crippen molar-refractivity contribution in [1.29, 1.82) is 0 Å². The molecule has 0 saturated heterocycles. The van der Waals surface area contributed by atoms with Gasteiger partial charge in [0, 0.05) is 0 Å². The Morgan fingerprint density at radius 1 is 0.458 bits per heavy atom. The Bertz CT molecular complexity index is 2760. The van der Waals surface area contributed by atoms with Crippen molar-refractivity contribution in [1.82, 2.24) is 15.0 Å². The first-order valence-electron chi connectivity index (χ1n) is 16.4. The number of fused-ring (bicyclic) bond motifs is 10. The van der Waals surface area contributed by atoms with E-state index in [1.54, 1.807) is 0 Å². The van der Waals surface area contributed by atoms with Gasteiger partial charge in [0.15, 0.2) is 0 Å². The van der Waals surface area contributed by atoms with Crippen molar-refractivity contribution in [2.75, 3.05) is 0 Å². The topological polar surface area (TPSA) is 38.7 Å². The Balaban J connectivity index is 1.17. The van der Waals surface area contributed by atoms with Gasteiger partial charge < -0.3 is 0 Å². The van der Waals surface area contributed by atoms with Crippen LogP contribution in [-0.4, -0.2) is 29.5 Å². The summed E-state index contributed by atoms with van der Waals surface area (Å²) in [5.74, 6) is 2.06. The van der Waals surface area contributed by atoms with E-state index in [1.807, 2.05) is 18.2 Å². The molecule has 7 aromatic carbocycles. The number of nitrogens with zero attached hydrogens (tertiary/aromatic N) is 3. The fraction of sp³-hybridized carbons (Fsp3) is 0.0682. The van der Waals surface area contributed by atoms with Gasteiger partial charge in [-0.2, -0.15) is 0 Å².